The number of nitrogens with one attached hydrogen (secondary N) is 2. The SMILES string of the molecule is CS(=O)(=O)CCN1CCC(c2ccc(NC(=O)c3ncc(C#N)[nH]3)c(C3=CCCCC3)n2)CC1.O=C(O)C(F)(F)F. The Labute approximate surface area is 235 Å². The molecule has 0 unspecified atom stereocenters. The second-order valence-corrected chi connectivity index (χ2v) is 12.1. The fourth-order valence-corrected chi connectivity index (χ4v) is 5.11. The molecule has 1 amide bonds. The molecule has 2 aromatic heterocycles. The van der Waals surface area contributed by atoms with E-state index in [1.165, 1.54) is 12.5 Å². The smallest absolute Gasteiger partial charge is 0.475 e. The Morgan fingerprint density at radius 2 is 1.93 bits per heavy atom. The van der Waals surface area contributed by atoms with Gasteiger partial charge in [-0.05, 0) is 69.3 Å². The number of rotatable bonds is 7. The topological polar surface area (TPSA) is 169 Å². The molecule has 0 aromatic carbocycles. The van der Waals surface area contributed by atoms with Crippen molar-refractivity contribution < 1.29 is 36.3 Å². The van der Waals surface area contributed by atoms with Crippen molar-refractivity contribution >= 4 is 33.0 Å². The molecule has 41 heavy (non-hydrogen) atoms. The van der Waals surface area contributed by atoms with Gasteiger partial charge in [0.1, 0.15) is 21.6 Å². The molecular formula is C26H31F3N6O5S. The number of alkyl halides is 3. The van der Waals surface area contributed by atoms with Crippen LogP contribution in [-0.4, -0.2) is 83.1 Å². The predicted molar refractivity (Wildman–Crippen MR) is 144 cm³/mol. The fourth-order valence-electron chi connectivity index (χ4n) is 4.52. The highest BCUT2D eigenvalue weighted by Crippen LogP contribution is 2.34. The van der Waals surface area contributed by atoms with E-state index in [2.05, 4.69) is 26.3 Å². The van der Waals surface area contributed by atoms with Crippen LogP contribution in [0.4, 0.5) is 18.9 Å². The largest absolute Gasteiger partial charge is 0.490 e. The van der Waals surface area contributed by atoms with E-state index in [-0.39, 0.29) is 17.3 Å². The van der Waals surface area contributed by atoms with Gasteiger partial charge >= 0.3 is 12.1 Å². The number of amides is 1. The van der Waals surface area contributed by atoms with E-state index in [9.17, 15) is 26.4 Å². The van der Waals surface area contributed by atoms with Crippen molar-refractivity contribution in [3.63, 3.8) is 0 Å². The Kier molecular flexibility index (Phi) is 10.6. The highest BCUT2D eigenvalue weighted by Gasteiger charge is 2.38. The molecule has 0 atom stereocenters. The van der Waals surface area contributed by atoms with Gasteiger partial charge in [0.15, 0.2) is 5.82 Å². The van der Waals surface area contributed by atoms with Crippen LogP contribution in [0.25, 0.3) is 5.57 Å². The minimum absolute atomic E-state index is 0.0886. The molecule has 2 aliphatic rings. The van der Waals surface area contributed by atoms with E-state index in [4.69, 9.17) is 20.1 Å². The molecule has 2 aromatic rings. The van der Waals surface area contributed by atoms with E-state index in [1.807, 2.05) is 18.2 Å². The lowest BCUT2D eigenvalue weighted by atomic mass is 9.91. The predicted octanol–water partition coefficient (Wildman–Crippen LogP) is 3.74. The first kappa shape index (κ1) is 31.8. The van der Waals surface area contributed by atoms with Crippen molar-refractivity contribution in [2.45, 2.75) is 50.6 Å². The van der Waals surface area contributed by atoms with Crippen molar-refractivity contribution in [1.29, 1.82) is 5.26 Å². The number of sulfone groups is 1. The van der Waals surface area contributed by atoms with E-state index in [0.29, 0.717) is 18.2 Å². The summed E-state index contributed by atoms with van der Waals surface area (Å²) >= 11 is 0. The Balaban J connectivity index is 0.000000587. The minimum Gasteiger partial charge on any atom is -0.475 e. The number of aromatic nitrogens is 3. The molecule has 3 heterocycles. The van der Waals surface area contributed by atoms with Gasteiger partial charge in [0, 0.05) is 24.4 Å². The zero-order chi connectivity index (χ0) is 30.2. The summed E-state index contributed by atoms with van der Waals surface area (Å²) in [6.07, 6.45) is 5.74. The molecule has 1 fully saturated rings. The molecule has 11 nitrogen and oxygen atoms in total. The van der Waals surface area contributed by atoms with Gasteiger partial charge in [0.05, 0.1) is 23.3 Å². The second kappa shape index (κ2) is 13.7. The number of halogens is 3. The number of nitriles is 1. The normalized spacial score (nSPS) is 16.6. The van der Waals surface area contributed by atoms with Crippen LogP contribution in [0.3, 0.4) is 0 Å². The zero-order valence-corrected chi connectivity index (χ0v) is 23.2. The summed E-state index contributed by atoms with van der Waals surface area (Å²) in [5, 5.41) is 19.0. The fraction of sp³-hybridized carbons (Fsp3) is 0.500. The number of carbonyl (C=O) groups is 2. The van der Waals surface area contributed by atoms with Crippen molar-refractivity contribution in [3.05, 3.63) is 47.3 Å². The van der Waals surface area contributed by atoms with Crippen LogP contribution >= 0.6 is 0 Å². The number of likely N-dealkylation sites (tertiary alicyclic amines) is 1. The van der Waals surface area contributed by atoms with Gasteiger partial charge in [-0.15, -0.1) is 0 Å². The summed E-state index contributed by atoms with van der Waals surface area (Å²) in [5.41, 5.74) is 3.83. The summed E-state index contributed by atoms with van der Waals surface area (Å²) in [7, 11) is -2.96. The first-order valence-electron chi connectivity index (χ1n) is 12.9. The maximum absolute atomic E-state index is 12.7. The van der Waals surface area contributed by atoms with Gasteiger partial charge in [-0.2, -0.15) is 18.4 Å². The van der Waals surface area contributed by atoms with E-state index < -0.39 is 27.9 Å². The summed E-state index contributed by atoms with van der Waals surface area (Å²) in [6, 6.07) is 5.82. The van der Waals surface area contributed by atoms with Crippen molar-refractivity contribution in [2.24, 2.45) is 0 Å². The maximum atomic E-state index is 12.7. The number of anilines is 1. The number of imidazole rings is 1. The number of pyridine rings is 1. The molecular weight excluding hydrogens is 565 g/mol. The van der Waals surface area contributed by atoms with Gasteiger partial charge in [-0.3, -0.25) is 9.78 Å². The molecule has 0 spiro atoms. The highest BCUT2D eigenvalue weighted by molar-refractivity contribution is 7.90. The quantitative estimate of drug-likeness (QED) is 0.431. The molecule has 1 saturated heterocycles. The Bertz CT molecular complexity index is 1420. The summed E-state index contributed by atoms with van der Waals surface area (Å²) in [6.45, 7) is 2.26. The molecule has 1 aliphatic heterocycles. The third-order valence-electron chi connectivity index (χ3n) is 6.70. The van der Waals surface area contributed by atoms with Crippen molar-refractivity contribution in [2.75, 3.05) is 37.0 Å². The Hall–Kier alpha value is -3.77. The van der Waals surface area contributed by atoms with E-state index in [0.717, 1.165) is 68.6 Å². The van der Waals surface area contributed by atoms with Crippen molar-refractivity contribution in [3.8, 4) is 6.07 Å². The van der Waals surface area contributed by atoms with Crippen LogP contribution in [0.2, 0.25) is 0 Å². The molecule has 4 rings (SSSR count). The molecule has 3 N–H and O–H groups in total. The van der Waals surface area contributed by atoms with Gasteiger partial charge < -0.3 is 20.3 Å². The molecule has 0 radical (unpaired) electrons. The van der Waals surface area contributed by atoms with Gasteiger partial charge in [-0.25, -0.2) is 18.2 Å². The number of carbonyl (C=O) groups excluding carboxylic acids is 1. The number of aromatic amines is 1. The summed E-state index contributed by atoms with van der Waals surface area (Å²) in [4.78, 5) is 35.5. The number of allylic oxidation sites excluding steroid dienone is 2. The van der Waals surface area contributed by atoms with Crippen LogP contribution in [0.5, 0.6) is 0 Å². The second-order valence-electron chi connectivity index (χ2n) is 9.87. The van der Waals surface area contributed by atoms with Crippen LogP contribution in [0.1, 0.15) is 72.1 Å². The number of H-pyrrole nitrogens is 1. The molecule has 0 bridgehead atoms. The summed E-state index contributed by atoms with van der Waals surface area (Å²) in [5.74, 6) is -2.59. The lowest BCUT2D eigenvalue weighted by Crippen LogP contribution is -2.36. The molecule has 15 heteroatoms. The monoisotopic (exact) mass is 596 g/mol. The van der Waals surface area contributed by atoms with Gasteiger partial charge in [0.2, 0.25) is 0 Å². The molecule has 0 saturated carbocycles. The number of carboxylic acid groups (broad SMARTS) is 1. The minimum atomic E-state index is -5.08. The van der Waals surface area contributed by atoms with Gasteiger partial charge in [-0.1, -0.05) is 6.08 Å². The number of hydrogen-bond acceptors (Lipinski definition) is 8. The molecule has 222 valence electrons. The highest BCUT2D eigenvalue weighted by atomic mass is 32.2. The van der Waals surface area contributed by atoms with Gasteiger partial charge in [0.25, 0.3) is 5.91 Å². The van der Waals surface area contributed by atoms with Crippen LogP contribution < -0.4 is 5.32 Å². The third kappa shape index (κ3) is 9.68. The number of carboxylic acids is 1. The maximum Gasteiger partial charge on any atom is 0.490 e. The average molecular weight is 597 g/mol. The Morgan fingerprint density at radius 3 is 2.46 bits per heavy atom. The first-order valence-corrected chi connectivity index (χ1v) is 15.0. The van der Waals surface area contributed by atoms with Crippen LogP contribution in [0, 0.1) is 11.3 Å². The number of hydrogen-bond donors (Lipinski definition) is 3. The van der Waals surface area contributed by atoms with Crippen LogP contribution in [0.15, 0.2) is 24.4 Å². The van der Waals surface area contributed by atoms with Crippen molar-refractivity contribution in [1.82, 2.24) is 19.9 Å². The van der Waals surface area contributed by atoms with E-state index in [1.54, 1.807) is 0 Å². The van der Waals surface area contributed by atoms with Crippen LogP contribution in [-0.2, 0) is 14.6 Å². The standard InChI is InChI=1S/C24H30N6O3S.C2HF3O2/c1-34(32,33)14-13-30-11-9-17(10-12-30)20-7-8-21(22(28-20)18-5-3-2-4-6-18)29-24(31)23-26-16-19(15-25)27-23;3-2(4,5)1(6)7/h5,7-8,16-17H,2-4,6,9-14H2,1H3,(H,26,27)(H,29,31);(H,6,7). The zero-order valence-electron chi connectivity index (χ0n) is 22.4. The Morgan fingerprint density at radius 1 is 1.24 bits per heavy atom. The third-order valence-corrected chi connectivity index (χ3v) is 7.62. The summed E-state index contributed by atoms with van der Waals surface area (Å²) < 4.78 is 54.7. The average Bonchev–Trinajstić information content (AvgIpc) is 3.42. The number of aliphatic carboxylic acids is 1. The molecule has 1 aliphatic carbocycles. The number of nitrogens with zero attached hydrogens (tertiary/aromatic N) is 4. The first-order chi connectivity index (χ1) is 19.3. The lowest BCUT2D eigenvalue weighted by molar-refractivity contribution is -0.192. The van der Waals surface area contributed by atoms with E-state index >= 15 is 0 Å². The lowest BCUT2D eigenvalue weighted by Gasteiger charge is -2.31. The number of piperidine rings is 1.